The molecular weight excluding hydrogens is 529 g/mol. The first kappa shape index (κ1) is 27.0. The lowest BCUT2D eigenvalue weighted by Crippen LogP contribution is -2.39. The molecule has 1 aromatic carbocycles. The topological polar surface area (TPSA) is 87.6 Å². The van der Waals surface area contributed by atoms with Crippen LogP contribution in [-0.2, 0) is 17.6 Å². The van der Waals surface area contributed by atoms with Crippen molar-refractivity contribution in [3.63, 3.8) is 0 Å². The third-order valence-electron chi connectivity index (χ3n) is 4.02. The second kappa shape index (κ2) is 13.4. The molecule has 0 unspecified atom stereocenters. The monoisotopic (exact) mass is 559 g/mol. The lowest BCUT2D eigenvalue weighted by Gasteiger charge is -2.19. The van der Waals surface area contributed by atoms with Gasteiger partial charge in [-0.15, -0.1) is 24.0 Å². The molecule has 0 saturated heterocycles. The van der Waals surface area contributed by atoms with Crippen molar-refractivity contribution in [2.45, 2.75) is 39.2 Å². The van der Waals surface area contributed by atoms with Crippen LogP contribution in [0, 0.1) is 0 Å². The Balaban J connectivity index is 0.00000480. The molecule has 2 rings (SSSR count). The van der Waals surface area contributed by atoms with Gasteiger partial charge >= 0.3 is 6.09 Å². The maximum absolute atomic E-state index is 11.8. The number of amides is 1. The number of nitrogens with zero attached hydrogens (tertiary/aromatic N) is 2. The average molecular weight is 560 g/mol. The van der Waals surface area contributed by atoms with E-state index in [0.29, 0.717) is 10.8 Å². The zero-order chi connectivity index (χ0) is 22.0. The van der Waals surface area contributed by atoms with Gasteiger partial charge < -0.3 is 15.4 Å². The molecule has 0 aliphatic rings. The van der Waals surface area contributed by atoms with Crippen LogP contribution in [0.3, 0.4) is 0 Å². The number of pyridine rings is 1. The summed E-state index contributed by atoms with van der Waals surface area (Å²) in [5.41, 5.74) is 2.45. The van der Waals surface area contributed by atoms with Crippen LogP contribution in [-0.4, -0.2) is 42.8 Å². The van der Waals surface area contributed by atoms with E-state index in [-0.39, 0.29) is 24.0 Å². The largest absolute Gasteiger partial charge is 0.444 e. The number of rotatable bonds is 7. The lowest BCUT2D eigenvalue weighted by atomic mass is 10.1. The number of carbonyl (C=O) groups excluding carboxylic acids is 1. The van der Waals surface area contributed by atoms with Crippen LogP contribution < -0.4 is 16.0 Å². The van der Waals surface area contributed by atoms with E-state index in [0.717, 1.165) is 43.0 Å². The number of halogens is 2. The molecule has 0 radical (unpaired) electrons. The highest BCUT2D eigenvalue weighted by molar-refractivity contribution is 14.0. The highest BCUT2D eigenvalue weighted by atomic mass is 127. The second-order valence-electron chi connectivity index (χ2n) is 7.74. The molecule has 1 aromatic heterocycles. The van der Waals surface area contributed by atoms with Gasteiger partial charge in [0.25, 0.3) is 0 Å². The zero-order valence-electron chi connectivity index (χ0n) is 18.4. The third-order valence-corrected chi connectivity index (χ3v) is 4.25. The van der Waals surface area contributed by atoms with E-state index >= 15 is 0 Å². The van der Waals surface area contributed by atoms with E-state index in [9.17, 15) is 4.79 Å². The van der Waals surface area contributed by atoms with Crippen LogP contribution in [0.25, 0.3) is 0 Å². The molecule has 31 heavy (non-hydrogen) atoms. The van der Waals surface area contributed by atoms with Crippen molar-refractivity contribution >= 4 is 53.3 Å². The normalized spacial score (nSPS) is 11.3. The number of aliphatic imine (C=N–C) groups is 1. The Morgan fingerprint density at radius 2 is 1.61 bits per heavy atom. The summed E-state index contributed by atoms with van der Waals surface area (Å²) in [7, 11) is 1.75. The van der Waals surface area contributed by atoms with Crippen molar-refractivity contribution < 1.29 is 9.53 Å². The van der Waals surface area contributed by atoms with E-state index in [4.69, 9.17) is 16.3 Å². The SMILES string of the molecule is CN=C(NCCc1ccc(NC(=O)OC(C)(C)C)cc1)NCCc1ccc(Cl)nc1.I. The molecule has 2 aromatic rings. The number of benzene rings is 1. The van der Waals surface area contributed by atoms with E-state index < -0.39 is 11.7 Å². The Labute approximate surface area is 206 Å². The van der Waals surface area contributed by atoms with Crippen molar-refractivity contribution in [1.82, 2.24) is 15.6 Å². The van der Waals surface area contributed by atoms with Crippen molar-refractivity contribution in [1.29, 1.82) is 0 Å². The number of guanidine groups is 1. The van der Waals surface area contributed by atoms with Crippen molar-refractivity contribution in [3.05, 3.63) is 58.9 Å². The first-order valence-corrected chi connectivity index (χ1v) is 10.3. The molecule has 0 bridgehead atoms. The summed E-state index contributed by atoms with van der Waals surface area (Å²) in [5, 5.41) is 9.81. The van der Waals surface area contributed by atoms with Gasteiger partial charge in [-0.1, -0.05) is 29.8 Å². The van der Waals surface area contributed by atoms with Gasteiger partial charge in [0.15, 0.2) is 5.96 Å². The molecule has 0 fully saturated rings. The highest BCUT2D eigenvalue weighted by Gasteiger charge is 2.16. The van der Waals surface area contributed by atoms with Crippen LogP contribution in [0.2, 0.25) is 5.15 Å². The molecule has 1 amide bonds. The van der Waals surface area contributed by atoms with Crippen LogP contribution in [0.5, 0.6) is 0 Å². The van der Waals surface area contributed by atoms with Gasteiger partial charge in [-0.3, -0.25) is 10.3 Å². The van der Waals surface area contributed by atoms with E-state index in [1.165, 1.54) is 0 Å². The number of aromatic nitrogens is 1. The standard InChI is InChI=1S/C22H30ClN5O2.HI/c1-22(2,3)30-21(29)28-18-8-5-16(6-9-18)11-13-25-20(24-4)26-14-12-17-7-10-19(23)27-15-17;/h5-10,15H,11-14H2,1-4H3,(H,28,29)(H2,24,25,26);1H. The molecule has 3 N–H and O–H groups in total. The Morgan fingerprint density at radius 1 is 1.03 bits per heavy atom. The molecule has 0 atom stereocenters. The predicted octanol–water partition coefficient (Wildman–Crippen LogP) is 4.65. The summed E-state index contributed by atoms with van der Waals surface area (Å²) >= 11 is 5.80. The minimum absolute atomic E-state index is 0. The van der Waals surface area contributed by atoms with E-state index in [1.54, 1.807) is 19.3 Å². The third kappa shape index (κ3) is 11.2. The summed E-state index contributed by atoms with van der Waals surface area (Å²) in [4.78, 5) is 20.1. The molecule has 0 aliphatic carbocycles. The first-order chi connectivity index (χ1) is 14.2. The fourth-order valence-electron chi connectivity index (χ4n) is 2.60. The smallest absolute Gasteiger partial charge is 0.412 e. The summed E-state index contributed by atoms with van der Waals surface area (Å²) in [6, 6.07) is 11.5. The zero-order valence-corrected chi connectivity index (χ0v) is 21.5. The van der Waals surface area contributed by atoms with E-state index in [2.05, 4.69) is 25.9 Å². The molecule has 1 heterocycles. The Bertz CT molecular complexity index is 836. The lowest BCUT2D eigenvalue weighted by molar-refractivity contribution is 0.0636. The predicted molar refractivity (Wildman–Crippen MR) is 138 cm³/mol. The second-order valence-corrected chi connectivity index (χ2v) is 8.13. The van der Waals surface area contributed by atoms with Crippen LogP contribution in [0.15, 0.2) is 47.6 Å². The van der Waals surface area contributed by atoms with E-state index in [1.807, 2.05) is 51.1 Å². The molecule has 170 valence electrons. The molecular formula is C22H31ClIN5O2. The number of hydrogen-bond acceptors (Lipinski definition) is 4. The van der Waals surface area contributed by atoms with Gasteiger partial charge in [-0.25, -0.2) is 9.78 Å². The Morgan fingerprint density at radius 3 is 2.13 bits per heavy atom. The summed E-state index contributed by atoms with van der Waals surface area (Å²) < 4.78 is 5.25. The number of ether oxygens (including phenoxy) is 1. The molecule has 9 heteroatoms. The fraction of sp³-hybridized carbons (Fsp3) is 0.409. The number of hydrogen-bond donors (Lipinski definition) is 3. The average Bonchev–Trinajstić information content (AvgIpc) is 2.68. The number of nitrogens with one attached hydrogen (secondary N) is 3. The van der Waals surface area contributed by atoms with Gasteiger partial charge in [0.05, 0.1) is 0 Å². The Kier molecular flexibility index (Phi) is 11.6. The number of anilines is 1. The van der Waals surface area contributed by atoms with Gasteiger partial charge in [0, 0.05) is 32.0 Å². The summed E-state index contributed by atoms with van der Waals surface area (Å²) in [5.74, 6) is 0.750. The van der Waals surface area contributed by atoms with Gasteiger partial charge in [-0.05, 0) is 62.9 Å². The quantitative estimate of drug-likeness (QED) is 0.199. The minimum atomic E-state index is -0.520. The highest BCUT2D eigenvalue weighted by Crippen LogP contribution is 2.13. The van der Waals surface area contributed by atoms with Gasteiger partial charge in [0.1, 0.15) is 10.8 Å². The number of carbonyl (C=O) groups is 1. The molecule has 0 spiro atoms. The molecule has 0 saturated carbocycles. The van der Waals surface area contributed by atoms with Crippen molar-refractivity contribution in [2.24, 2.45) is 4.99 Å². The summed E-state index contributed by atoms with van der Waals surface area (Å²) in [6.07, 6.45) is 2.98. The molecule has 7 nitrogen and oxygen atoms in total. The minimum Gasteiger partial charge on any atom is -0.444 e. The Hall–Kier alpha value is -2.07. The van der Waals surface area contributed by atoms with Crippen molar-refractivity contribution in [3.8, 4) is 0 Å². The van der Waals surface area contributed by atoms with Crippen LogP contribution >= 0.6 is 35.6 Å². The van der Waals surface area contributed by atoms with Gasteiger partial charge in [0.2, 0.25) is 0 Å². The summed E-state index contributed by atoms with van der Waals surface area (Å²) in [6.45, 7) is 6.98. The van der Waals surface area contributed by atoms with Crippen molar-refractivity contribution in [2.75, 3.05) is 25.5 Å². The molecule has 0 aliphatic heterocycles. The van der Waals surface area contributed by atoms with Crippen LogP contribution in [0.4, 0.5) is 10.5 Å². The maximum atomic E-state index is 11.8. The maximum Gasteiger partial charge on any atom is 0.412 e. The fourth-order valence-corrected chi connectivity index (χ4v) is 2.71. The van der Waals surface area contributed by atoms with Gasteiger partial charge in [-0.2, -0.15) is 0 Å². The van der Waals surface area contributed by atoms with Crippen LogP contribution in [0.1, 0.15) is 31.9 Å². The first-order valence-electron chi connectivity index (χ1n) is 9.89.